The number of thioether (sulfide) groups is 1. The lowest BCUT2D eigenvalue weighted by Gasteiger charge is -2.21. The van der Waals surface area contributed by atoms with Gasteiger partial charge in [-0.05, 0) is 23.8 Å². The molecule has 1 aromatic carbocycles. The van der Waals surface area contributed by atoms with E-state index in [0.29, 0.717) is 0 Å². The van der Waals surface area contributed by atoms with Gasteiger partial charge in [0.2, 0.25) is 0 Å². The van der Waals surface area contributed by atoms with E-state index in [4.69, 9.17) is 5.11 Å². The van der Waals surface area contributed by atoms with Gasteiger partial charge in [-0.3, -0.25) is 4.79 Å². The molecule has 1 aromatic rings. The van der Waals surface area contributed by atoms with Crippen LogP contribution in [-0.2, 0) is 4.79 Å². The first kappa shape index (κ1) is 8.63. The fourth-order valence-corrected chi connectivity index (χ4v) is 2.72. The van der Waals surface area contributed by atoms with Gasteiger partial charge in [-0.15, -0.1) is 11.8 Å². The number of carbonyl (C=O) groups is 1. The summed E-state index contributed by atoms with van der Waals surface area (Å²) in [5.41, 5.74) is 0.978. The van der Waals surface area contributed by atoms with Crippen molar-refractivity contribution < 1.29 is 9.90 Å². The number of hydrogen-bond donors (Lipinski definition) is 1. The molecule has 1 aliphatic rings. The lowest BCUT2D eigenvalue weighted by atomic mass is 9.96. The van der Waals surface area contributed by atoms with Crippen LogP contribution in [0.1, 0.15) is 17.9 Å². The van der Waals surface area contributed by atoms with Crippen LogP contribution in [0, 0.1) is 0 Å². The molecule has 0 bridgehead atoms. The predicted octanol–water partition coefficient (Wildman–Crippen LogP) is 2.35. The monoisotopic (exact) mass is 194 g/mol. The second-order valence-electron chi connectivity index (χ2n) is 3.07. The number of benzene rings is 1. The molecule has 0 aliphatic carbocycles. The van der Waals surface area contributed by atoms with Gasteiger partial charge in [0.1, 0.15) is 0 Å². The molecule has 1 aliphatic heterocycles. The molecule has 1 N–H and O–H groups in total. The Morgan fingerprint density at radius 1 is 1.46 bits per heavy atom. The van der Waals surface area contributed by atoms with Crippen LogP contribution < -0.4 is 0 Å². The third-order valence-electron chi connectivity index (χ3n) is 2.26. The topological polar surface area (TPSA) is 37.3 Å². The summed E-state index contributed by atoms with van der Waals surface area (Å²) in [5, 5.41) is 8.98. The summed E-state index contributed by atoms with van der Waals surface area (Å²) in [5.74, 6) is -0.0845. The average molecular weight is 194 g/mol. The summed E-state index contributed by atoms with van der Waals surface area (Å²) in [6.07, 6.45) is 0.747. The Morgan fingerprint density at radius 3 is 3.00 bits per heavy atom. The van der Waals surface area contributed by atoms with Gasteiger partial charge in [0, 0.05) is 4.90 Å². The van der Waals surface area contributed by atoms with Crippen LogP contribution in [0.25, 0.3) is 0 Å². The second-order valence-corrected chi connectivity index (χ2v) is 4.20. The maximum atomic E-state index is 10.9. The van der Waals surface area contributed by atoms with Crippen molar-refractivity contribution in [3.63, 3.8) is 0 Å². The lowest BCUT2D eigenvalue weighted by molar-refractivity contribution is -0.138. The Kier molecular flexibility index (Phi) is 2.27. The van der Waals surface area contributed by atoms with Gasteiger partial charge in [-0.2, -0.15) is 0 Å². The van der Waals surface area contributed by atoms with E-state index in [1.54, 1.807) is 11.8 Å². The van der Waals surface area contributed by atoms with Crippen molar-refractivity contribution >= 4 is 17.7 Å². The summed E-state index contributed by atoms with van der Waals surface area (Å²) in [4.78, 5) is 12.0. The van der Waals surface area contributed by atoms with E-state index >= 15 is 0 Å². The standard InChI is InChI=1S/C10H10O2S/c11-10(12)8-5-6-13-9-4-2-1-3-7(8)9/h1-4,8H,5-6H2,(H,11,12). The molecular formula is C10H10O2S. The SMILES string of the molecule is O=C(O)C1CCSc2ccccc21. The average Bonchev–Trinajstić information content (AvgIpc) is 2.17. The largest absolute Gasteiger partial charge is 0.481 e. The molecule has 1 unspecified atom stereocenters. The van der Waals surface area contributed by atoms with Gasteiger partial charge >= 0.3 is 5.97 Å². The highest BCUT2D eigenvalue weighted by atomic mass is 32.2. The van der Waals surface area contributed by atoms with Crippen molar-refractivity contribution in [3.05, 3.63) is 29.8 Å². The van der Waals surface area contributed by atoms with Crippen molar-refractivity contribution in [1.82, 2.24) is 0 Å². The second kappa shape index (κ2) is 3.42. The Hall–Kier alpha value is -0.960. The first-order valence-electron chi connectivity index (χ1n) is 4.23. The van der Waals surface area contributed by atoms with Crippen LogP contribution in [0.3, 0.4) is 0 Å². The van der Waals surface area contributed by atoms with Crippen molar-refractivity contribution in [2.75, 3.05) is 5.75 Å². The molecule has 1 atom stereocenters. The maximum absolute atomic E-state index is 10.9. The first-order chi connectivity index (χ1) is 6.29. The normalized spacial score (nSPS) is 20.8. The fraction of sp³-hybridized carbons (Fsp3) is 0.300. The van der Waals surface area contributed by atoms with E-state index in [2.05, 4.69) is 0 Å². The summed E-state index contributed by atoms with van der Waals surface area (Å²) in [7, 11) is 0. The fourth-order valence-electron chi connectivity index (χ4n) is 1.60. The van der Waals surface area contributed by atoms with Crippen LogP contribution in [0.5, 0.6) is 0 Å². The summed E-state index contributed by atoms with van der Waals surface area (Å²) < 4.78 is 0. The van der Waals surface area contributed by atoms with Gasteiger partial charge in [0.25, 0.3) is 0 Å². The minimum atomic E-state index is -0.701. The highest BCUT2D eigenvalue weighted by Crippen LogP contribution is 2.37. The van der Waals surface area contributed by atoms with E-state index in [1.165, 1.54) is 0 Å². The van der Waals surface area contributed by atoms with Gasteiger partial charge in [-0.25, -0.2) is 0 Å². The summed E-state index contributed by atoms with van der Waals surface area (Å²) >= 11 is 1.75. The molecule has 0 amide bonds. The van der Waals surface area contributed by atoms with Crippen LogP contribution in [0.4, 0.5) is 0 Å². The predicted molar refractivity (Wildman–Crippen MR) is 52.2 cm³/mol. The molecule has 0 saturated carbocycles. The third-order valence-corrected chi connectivity index (χ3v) is 3.38. The number of fused-ring (bicyclic) bond motifs is 1. The minimum Gasteiger partial charge on any atom is -0.481 e. The highest BCUT2D eigenvalue weighted by Gasteiger charge is 2.25. The molecule has 3 heteroatoms. The number of carboxylic acid groups (broad SMARTS) is 1. The van der Waals surface area contributed by atoms with Crippen LogP contribution >= 0.6 is 11.8 Å². The molecule has 13 heavy (non-hydrogen) atoms. The number of rotatable bonds is 1. The van der Waals surface area contributed by atoms with Crippen LogP contribution in [0.2, 0.25) is 0 Å². The third kappa shape index (κ3) is 1.56. The molecule has 0 spiro atoms. The molecule has 0 fully saturated rings. The molecule has 2 nitrogen and oxygen atoms in total. The van der Waals surface area contributed by atoms with E-state index in [0.717, 1.165) is 22.6 Å². The minimum absolute atomic E-state index is 0.294. The number of aliphatic carboxylic acids is 1. The highest BCUT2D eigenvalue weighted by molar-refractivity contribution is 7.99. The smallest absolute Gasteiger partial charge is 0.311 e. The van der Waals surface area contributed by atoms with Crippen molar-refractivity contribution in [2.45, 2.75) is 17.2 Å². The quantitative estimate of drug-likeness (QED) is 0.745. The van der Waals surface area contributed by atoms with Crippen LogP contribution in [-0.4, -0.2) is 16.8 Å². The van der Waals surface area contributed by atoms with Gasteiger partial charge < -0.3 is 5.11 Å². The van der Waals surface area contributed by atoms with Crippen molar-refractivity contribution in [1.29, 1.82) is 0 Å². The number of carboxylic acids is 1. The Labute approximate surface area is 81.0 Å². The Balaban J connectivity index is 2.42. The van der Waals surface area contributed by atoms with Gasteiger partial charge in [0.15, 0.2) is 0 Å². The zero-order valence-electron chi connectivity index (χ0n) is 7.06. The zero-order chi connectivity index (χ0) is 9.26. The van der Waals surface area contributed by atoms with Gasteiger partial charge in [-0.1, -0.05) is 18.2 Å². The maximum Gasteiger partial charge on any atom is 0.311 e. The van der Waals surface area contributed by atoms with E-state index < -0.39 is 5.97 Å². The van der Waals surface area contributed by atoms with Gasteiger partial charge in [0.05, 0.1) is 5.92 Å². The summed E-state index contributed by atoms with van der Waals surface area (Å²) in [6, 6.07) is 7.77. The van der Waals surface area contributed by atoms with Crippen molar-refractivity contribution in [3.8, 4) is 0 Å². The first-order valence-corrected chi connectivity index (χ1v) is 5.22. The molecule has 0 aromatic heterocycles. The Bertz CT molecular complexity index is 335. The molecule has 0 radical (unpaired) electrons. The Morgan fingerprint density at radius 2 is 2.23 bits per heavy atom. The van der Waals surface area contributed by atoms with Crippen LogP contribution in [0.15, 0.2) is 29.2 Å². The molecule has 0 saturated heterocycles. The van der Waals surface area contributed by atoms with E-state index in [-0.39, 0.29) is 5.92 Å². The summed E-state index contributed by atoms with van der Waals surface area (Å²) in [6.45, 7) is 0. The zero-order valence-corrected chi connectivity index (χ0v) is 7.88. The molecule has 2 rings (SSSR count). The molecular weight excluding hydrogens is 184 g/mol. The van der Waals surface area contributed by atoms with E-state index in [1.807, 2.05) is 24.3 Å². The number of hydrogen-bond acceptors (Lipinski definition) is 2. The lowest BCUT2D eigenvalue weighted by Crippen LogP contribution is -2.16. The molecule has 1 heterocycles. The molecule has 68 valence electrons. The van der Waals surface area contributed by atoms with Crippen molar-refractivity contribution in [2.24, 2.45) is 0 Å². The van der Waals surface area contributed by atoms with E-state index in [9.17, 15) is 4.79 Å².